The van der Waals surface area contributed by atoms with Crippen molar-refractivity contribution in [2.24, 2.45) is 0 Å². The average molecular weight is 404 g/mol. The van der Waals surface area contributed by atoms with Gasteiger partial charge in [0.05, 0.1) is 0 Å². The lowest BCUT2D eigenvalue weighted by molar-refractivity contribution is -0.112. The number of nitriles is 1. The van der Waals surface area contributed by atoms with Crippen LogP contribution in [0.5, 0.6) is 0 Å². The van der Waals surface area contributed by atoms with Gasteiger partial charge in [0, 0.05) is 27.8 Å². The molecule has 1 aromatic heterocycles. The summed E-state index contributed by atoms with van der Waals surface area (Å²) in [6, 6.07) is 19.2. The Balaban J connectivity index is 1.90. The molecule has 4 nitrogen and oxygen atoms in total. The molecule has 0 bridgehead atoms. The number of carbonyl (C=O) groups is 1. The van der Waals surface area contributed by atoms with Gasteiger partial charge in [-0.05, 0) is 73.9 Å². The number of benzene rings is 2. The van der Waals surface area contributed by atoms with Gasteiger partial charge >= 0.3 is 0 Å². The highest BCUT2D eigenvalue weighted by atomic mass is 35.5. The van der Waals surface area contributed by atoms with Gasteiger partial charge in [-0.15, -0.1) is 0 Å². The van der Waals surface area contributed by atoms with Gasteiger partial charge in [0.15, 0.2) is 0 Å². The highest BCUT2D eigenvalue weighted by Gasteiger charge is 2.14. The SMILES string of the molecule is CCc1ccc(NC(=O)/C(C#N)=C\c2cc(C)n(-c3cccc(Cl)c3)c2C)cc1. The number of carbonyl (C=O) groups excluding carboxylic acids is 1. The van der Waals surface area contributed by atoms with Gasteiger partial charge in [-0.3, -0.25) is 4.79 Å². The number of anilines is 1. The van der Waals surface area contributed by atoms with Crippen molar-refractivity contribution in [3.63, 3.8) is 0 Å². The van der Waals surface area contributed by atoms with Gasteiger partial charge in [-0.25, -0.2) is 0 Å². The Morgan fingerprint density at radius 1 is 1.17 bits per heavy atom. The molecule has 0 aliphatic carbocycles. The van der Waals surface area contributed by atoms with E-state index in [1.165, 1.54) is 5.56 Å². The molecule has 3 aromatic rings. The second-order valence-electron chi connectivity index (χ2n) is 6.82. The van der Waals surface area contributed by atoms with Crippen molar-refractivity contribution in [1.82, 2.24) is 4.57 Å². The first-order valence-corrected chi connectivity index (χ1v) is 9.77. The van der Waals surface area contributed by atoms with Crippen LogP contribution in [0.15, 0.2) is 60.2 Å². The third kappa shape index (κ3) is 4.59. The molecule has 0 aliphatic heterocycles. The van der Waals surface area contributed by atoms with E-state index >= 15 is 0 Å². The molecule has 0 unspecified atom stereocenters. The largest absolute Gasteiger partial charge is 0.321 e. The Morgan fingerprint density at radius 2 is 1.90 bits per heavy atom. The third-order valence-corrected chi connectivity index (χ3v) is 5.06. The normalized spacial score (nSPS) is 11.2. The number of aromatic nitrogens is 1. The lowest BCUT2D eigenvalue weighted by Gasteiger charge is -2.10. The van der Waals surface area contributed by atoms with E-state index in [4.69, 9.17) is 11.6 Å². The molecular formula is C24H22ClN3O. The number of rotatable bonds is 5. The van der Waals surface area contributed by atoms with Crippen LogP contribution in [0.4, 0.5) is 5.69 Å². The molecule has 0 spiro atoms. The van der Waals surface area contributed by atoms with Gasteiger partial charge in [0.2, 0.25) is 0 Å². The summed E-state index contributed by atoms with van der Waals surface area (Å²) in [5.74, 6) is -0.427. The Morgan fingerprint density at radius 3 is 2.52 bits per heavy atom. The summed E-state index contributed by atoms with van der Waals surface area (Å²) < 4.78 is 2.05. The molecule has 146 valence electrons. The van der Waals surface area contributed by atoms with E-state index in [2.05, 4.69) is 12.2 Å². The molecule has 1 heterocycles. The highest BCUT2D eigenvalue weighted by molar-refractivity contribution is 6.30. The second-order valence-corrected chi connectivity index (χ2v) is 7.25. The summed E-state index contributed by atoms with van der Waals surface area (Å²) in [5, 5.41) is 13.0. The predicted octanol–water partition coefficient (Wildman–Crippen LogP) is 5.86. The second kappa shape index (κ2) is 8.81. The lowest BCUT2D eigenvalue weighted by atomic mass is 10.1. The molecular weight excluding hydrogens is 382 g/mol. The summed E-state index contributed by atoms with van der Waals surface area (Å²) in [6.07, 6.45) is 2.55. The van der Waals surface area contributed by atoms with E-state index in [9.17, 15) is 10.1 Å². The molecule has 0 fully saturated rings. The zero-order chi connectivity index (χ0) is 21.0. The molecule has 0 saturated heterocycles. The molecule has 1 N–H and O–H groups in total. The van der Waals surface area contributed by atoms with Crippen LogP contribution in [0.2, 0.25) is 5.02 Å². The molecule has 2 aromatic carbocycles. The first-order valence-electron chi connectivity index (χ1n) is 9.40. The Labute approximate surface area is 176 Å². The minimum absolute atomic E-state index is 0.0518. The van der Waals surface area contributed by atoms with Crippen molar-refractivity contribution in [3.8, 4) is 11.8 Å². The standard InChI is InChI=1S/C24H22ClN3O/c1-4-18-8-10-22(11-9-18)27-24(29)20(15-26)13-19-12-16(2)28(17(19)3)23-7-5-6-21(25)14-23/h5-14H,4H2,1-3H3,(H,27,29)/b20-13-. The van der Waals surface area contributed by atoms with Crippen LogP contribution in [-0.2, 0) is 11.2 Å². The average Bonchev–Trinajstić information content (AvgIpc) is 2.99. The minimum atomic E-state index is -0.427. The molecule has 3 rings (SSSR count). The van der Waals surface area contributed by atoms with E-state index in [0.29, 0.717) is 10.7 Å². The summed E-state index contributed by atoms with van der Waals surface area (Å²) in [4.78, 5) is 12.6. The van der Waals surface area contributed by atoms with Crippen LogP contribution in [0.25, 0.3) is 11.8 Å². The van der Waals surface area contributed by atoms with E-state index < -0.39 is 5.91 Å². The van der Waals surface area contributed by atoms with Crippen LogP contribution in [0.3, 0.4) is 0 Å². The number of hydrogen-bond acceptors (Lipinski definition) is 2. The number of halogens is 1. The van der Waals surface area contributed by atoms with Gasteiger partial charge < -0.3 is 9.88 Å². The van der Waals surface area contributed by atoms with Crippen molar-refractivity contribution in [1.29, 1.82) is 5.26 Å². The van der Waals surface area contributed by atoms with Gasteiger partial charge in [-0.1, -0.05) is 36.7 Å². The van der Waals surface area contributed by atoms with Crippen molar-refractivity contribution >= 4 is 29.3 Å². The zero-order valence-corrected chi connectivity index (χ0v) is 17.4. The number of hydrogen-bond donors (Lipinski definition) is 1. The summed E-state index contributed by atoms with van der Waals surface area (Å²) in [7, 11) is 0. The third-order valence-electron chi connectivity index (χ3n) is 4.82. The highest BCUT2D eigenvalue weighted by Crippen LogP contribution is 2.24. The minimum Gasteiger partial charge on any atom is -0.321 e. The molecule has 0 aliphatic rings. The van der Waals surface area contributed by atoms with Gasteiger partial charge in [0.25, 0.3) is 5.91 Å². The fourth-order valence-electron chi connectivity index (χ4n) is 3.27. The quantitative estimate of drug-likeness (QED) is 0.428. The zero-order valence-electron chi connectivity index (χ0n) is 16.7. The predicted molar refractivity (Wildman–Crippen MR) is 118 cm³/mol. The van der Waals surface area contributed by atoms with Crippen molar-refractivity contribution in [2.75, 3.05) is 5.32 Å². The Hall–Kier alpha value is -3.29. The van der Waals surface area contributed by atoms with Crippen LogP contribution in [0.1, 0.15) is 29.4 Å². The van der Waals surface area contributed by atoms with Crippen LogP contribution >= 0.6 is 11.6 Å². The monoisotopic (exact) mass is 403 g/mol. The smallest absolute Gasteiger partial charge is 0.266 e. The molecule has 0 saturated carbocycles. The van der Waals surface area contributed by atoms with Crippen LogP contribution in [-0.4, -0.2) is 10.5 Å². The summed E-state index contributed by atoms with van der Waals surface area (Å²) >= 11 is 6.13. The van der Waals surface area contributed by atoms with Gasteiger partial charge in [0.1, 0.15) is 11.6 Å². The number of nitrogens with zero attached hydrogens (tertiary/aromatic N) is 2. The first-order chi connectivity index (χ1) is 13.9. The van der Waals surface area contributed by atoms with Crippen LogP contribution < -0.4 is 5.32 Å². The fraction of sp³-hybridized carbons (Fsp3) is 0.167. The maximum Gasteiger partial charge on any atom is 0.266 e. The number of amides is 1. The maximum absolute atomic E-state index is 12.6. The molecule has 0 radical (unpaired) electrons. The molecule has 29 heavy (non-hydrogen) atoms. The number of nitrogens with one attached hydrogen (secondary N) is 1. The topological polar surface area (TPSA) is 57.8 Å². The molecule has 0 atom stereocenters. The van der Waals surface area contributed by atoms with E-state index in [-0.39, 0.29) is 5.57 Å². The van der Waals surface area contributed by atoms with Crippen molar-refractivity contribution < 1.29 is 4.79 Å². The molecule has 5 heteroatoms. The van der Waals surface area contributed by atoms with Gasteiger partial charge in [-0.2, -0.15) is 5.26 Å². The number of aryl methyl sites for hydroxylation is 2. The Kier molecular flexibility index (Phi) is 6.21. The lowest BCUT2D eigenvalue weighted by Crippen LogP contribution is -2.13. The fourth-order valence-corrected chi connectivity index (χ4v) is 3.46. The summed E-state index contributed by atoms with van der Waals surface area (Å²) in [5.41, 5.74) is 5.57. The van der Waals surface area contributed by atoms with Crippen molar-refractivity contribution in [2.45, 2.75) is 27.2 Å². The summed E-state index contributed by atoms with van der Waals surface area (Å²) in [6.45, 7) is 6.01. The van der Waals surface area contributed by atoms with E-state index in [1.807, 2.05) is 79.1 Å². The van der Waals surface area contributed by atoms with Crippen LogP contribution in [0, 0.1) is 25.2 Å². The Bertz CT molecular complexity index is 1120. The van der Waals surface area contributed by atoms with E-state index in [1.54, 1.807) is 6.08 Å². The molecule has 1 amide bonds. The maximum atomic E-state index is 12.6. The van der Waals surface area contributed by atoms with E-state index in [0.717, 1.165) is 29.1 Å². The van der Waals surface area contributed by atoms with Crippen molar-refractivity contribution in [3.05, 3.63) is 87.7 Å². The first kappa shape index (κ1) is 20.4.